The molecule has 162 valence electrons. The third-order valence-corrected chi connectivity index (χ3v) is 6.41. The van der Waals surface area contributed by atoms with Crippen LogP contribution in [0.25, 0.3) is 0 Å². The van der Waals surface area contributed by atoms with Gasteiger partial charge in [-0.05, 0) is 49.6 Å². The van der Waals surface area contributed by atoms with Gasteiger partial charge >= 0.3 is 0 Å². The van der Waals surface area contributed by atoms with E-state index in [1.807, 2.05) is 63.2 Å². The smallest absolute Gasteiger partial charge is 0.243 e. The van der Waals surface area contributed by atoms with Gasteiger partial charge in [0.1, 0.15) is 6.04 Å². The quantitative estimate of drug-likeness (QED) is 0.447. The van der Waals surface area contributed by atoms with E-state index in [4.69, 9.17) is 11.6 Å². The molecule has 7 heteroatoms. The van der Waals surface area contributed by atoms with Crippen molar-refractivity contribution in [2.45, 2.75) is 51.6 Å². The van der Waals surface area contributed by atoms with E-state index < -0.39 is 6.04 Å². The first kappa shape index (κ1) is 24.8. The number of hydrogen-bond acceptors (Lipinski definition) is 3. The van der Waals surface area contributed by atoms with Crippen LogP contribution in [-0.2, 0) is 21.9 Å². The van der Waals surface area contributed by atoms with Gasteiger partial charge in [-0.2, -0.15) is 0 Å². The van der Waals surface area contributed by atoms with Crippen LogP contribution in [0.3, 0.4) is 0 Å². The Labute approximate surface area is 196 Å². The number of thioether (sulfide) groups is 1. The summed E-state index contributed by atoms with van der Waals surface area (Å²) >= 11 is 11.3. The summed E-state index contributed by atoms with van der Waals surface area (Å²) in [5, 5.41) is 3.53. The third-order valence-electron chi connectivity index (χ3n) is 4.52. The second-order valence-corrected chi connectivity index (χ2v) is 9.63. The Morgan fingerprint density at radius 1 is 1.13 bits per heavy atom. The lowest BCUT2D eigenvalue weighted by Gasteiger charge is -2.31. The Balaban J connectivity index is 2.13. The molecule has 0 radical (unpaired) electrons. The first-order valence-corrected chi connectivity index (χ1v) is 12.3. The molecule has 4 nitrogen and oxygen atoms in total. The first-order valence-electron chi connectivity index (χ1n) is 9.97. The van der Waals surface area contributed by atoms with Gasteiger partial charge in [0.25, 0.3) is 0 Å². The molecule has 2 aromatic carbocycles. The fraction of sp³-hybridized carbons (Fsp3) is 0.391. The molecular formula is C23H28BrClN2O2S. The minimum Gasteiger partial charge on any atom is -0.352 e. The Morgan fingerprint density at radius 3 is 2.40 bits per heavy atom. The van der Waals surface area contributed by atoms with Gasteiger partial charge < -0.3 is 10.2 Å². The zero-order chi connectivity index (χ0) is 22.1. The van der Waals surface area contributed by atoms with Gasteiger partial charge in [-0.15, -0.1) is 11.8 Å². The molecule has 0 aliphatic carbocycles. The van der Waals surface area contributed by atoms with E-state index in [9.17, 15) is 9.59 Å². The molecule has 0 heterocycles. The summed E-state index contributed by atoms with van der Waals surface area (Å²) in [6, 6.07) is 15.0. The van der Waals surface area contributed by atoms with Gasteiger partial charge in [0.15, 0.2) is 0 Å². The van der Waals surface area contributed by atoms with E-state index in [0.29, 0.717) is 23.7 Å². The van der Waals surface area contributed by atoms with Gasteiger partial charge in [-0.1, -0.05) is 64.8 Å². The van der Waals surface area contributed by atoms with Crippen LogP contribution in [0, 0.1) is 0 Å². The van der Waals surface area contributed by atoms with E-state index in [0.717, 1.165) is 21.4 Å². The third kappa shape index (κ3) is 7.64. The number of nitrogens with one attached hydrogen (secondary N) is 1. The average molecular weight is 512 g/mol. The number of nitrogens with zero attached hydrogens (tertiary/aromatic N) is 1. The number of carbonyl (C=O) groups excluding carboxylic acids is 2. The molecule has 30 heavy (non-hydrogen) atoms. The maximum absolute atomic E-state index is 13.2. The maximum atomic E-state index is 13.2. The second-order valence-electron chi connectivity index (χ2n) is 7.32. The van der Waals surface area contributed by atoms with E-state index in [2.05, 4.69) is 21.2 Å². The number of rotatable bonds is 10. The van der Waals surface area contributed by atoms with E-state index >= 15 is 0 Å². The second kappa shape index (κ2) is 12.4. The van der Waals surface area contributed by atoms with E-state index in [1.54, 1.807) is 22.7 Å². The van der Waals surface area contributed by atoms with Crippen LogP contribution in [0.2, 0.25) is 5.02 Å². The standard InChI is InChI=1S/C23H28BrClN2O2S/c1-4-21(23(29)26-16(2)3)27(13-18-7-5-6-8-20(18)25)22(28)15-30-14-17-9-11-19(24)12-10-17/h5-12,16,21H,4,13-15H2,1-3H3,(H,26,29)/t21-/m1/s1. The molecule has 0 fully saturated rings. The molecular weight excluding hydrogens is 484 g/mol. The van der Waals surface area contributed by atoms with Crippen LogP contribution in [0.15, 0.2) is 53.0 Å². The first-order chi connectivity index (χ1) is 14.3. The highest BCUT2D eigenvalue weighted by molar-refractivity contribution is 9.10. The molecule has 0 aromatic heterocycles. The van der Waals surface area contributed by atoms with Crippen molar-refractivity contribution in [2.24, 2.45) is 0 Å². The summed E-state index contributed by atoms with van der Waals surface area (Å²) in [5.41, 5.74) is 1.99. The number of halogens is 2. The number of carbonyl (C=O) groups is 2. The highest BCUT2D eigenvalue weighted by Gasteiger charge is 2.29. The summed E-state index contributed by atoms with van der Waals surface area (Å²) in [6.45, 7) is 6.06. The predicted octanol–water partition coefficient (Wildman–Crippen LogP) is 5.67. The number of amides is 2. The molecule has 0 spiro atoms. The Bertz CT molecular complexity index is 845. The fourth-order valence-electron chi connectivity index (χ4n) is 3.03. The van der Waals surface area contributed by atoms with Crippen molar-refractivity contribution in [1.29, 1.82) is 0 Å². The van der Waals surface area contributed by atoms with Crippen molar-refractivity contribution in [3.63, 3.8) is 0 Å². The molecule has 1 N–H and O–H groups in total. The topological polar surface area (TPSA) is 49.4 Å². The lowest BCUT2D eigenvalue weighted by molar-refractivity contribution is -0.139. The zero-order valence-electron chi connectivity index (χ0n) is 17.5. The zero-order valence-corrected chi connectivity index (χ0v) is 20.7. The van der Waals surface area contributed by atoms with E-state index in [-0.39, 0.29) is 17.9 Å². The molecule has 2 amide bonds. The normalized spacial score (nSPS) is 11.9. The van der Waals surface area contributed by atoms with Gasteiger partial charge in [0.2, 0.25) is 11.8 Å². The van der Waals surface area contributed by atoms with Crippen LogP contribution >= 0.6 is 39.3 Å². The van der Waals surface area contributed by atoms with Crippen molar-refractivity contribution in [3.05, 3.63) is 69.2 Å². The molecule has 0 saturated carbocycles. The largest absolute Gasteiger partial charge is 0.352 e. The maximum Gasteiger partial charge on any atom is 0.243 e. The summed E-state index contributed by atoms with van der Waals surface area (Å²) in [7, 11) is 0. The molecule has 0 saturated heterocycles. The molecule has 2 aromatic rings. The molecule has 0 unspecified atom stereocenters. The highest BCUT2D eigenvalue weighted by Crippen LogP contribution is 2.22. The molecule has 2 rings (SSSR count). The van der Waals surface area contributed by atoms with Crippen molar-refractivity contribution < 1.29 is 9.59 Å². The summed E-state index contributed by atoms with van der Waals surface area (Å²) in [6.07, 6.45) is 0.534. The van der Waals surface area contributed by atoms with Crippen molar-refractivity contribution in [2.75, 3.05) is 5.75 Å². The fourth-order valence-corrected chi connectivity index (χ4v) is 4.36. The van der Waals surface area contributed by atoms with Gasteiger partial charge in [0.05, 0.1) is 5.75 Å². The van der Waals surface area contributed by atoms with Crippen molar-refractivity contribution in [3.8, 4) is 0 Å². The molecule has 0 aliphatic heterocycles. The van der Waals surface area contributed by atoms with Crippen LogP contribution in [0.5, 0.6) is 0 Å². The van der Waals surface area contributed by atoms with Crippen LogP contribution in [-0.4, -0.2) is 34.6 Å². The monoisotopic (exact) mass is 510 g/mol. The SMILES string of the molecule is CC[C@H](C(=O)NC(C)C)N(Cc1ccccc1Cl)C(=O)CSCc1ccc(Br)cc1. The minimum absolute atomic E-state index is 0.00981. The Morgan fingerprint density at radius 2 is 1.80 bits per heavy atom. The lowest BCUT2D eigenvalue weighted by atomic mass is 10.1. The van der Waals surface area contributed by atoms with Crippen LogP contribution < -0.4 is 5.32 Å². The molecule has 0 aliphatic rings. The van der Waals surface area contributed by atoms with Crippen LogP contribution in [0.4, 0.5) is 0 Å². The summed E-state index contributed by atoms with van der Waals surface area (Å²) in [4.78, 5) is 27.6. The average Bonchev–Trinajstić information content (AvgIpc) is 2.70. The van der Waals surface area contributed by atoms with Crippen molar-refractivity contribution in [1.82, 2.24) is 10.2 Å². The van der Waals surface area contributed by atoms with E-state index in [1.165, 1.54) is 0 Å². The molecule has 1 atom stereocenters. The minimum atomic E-state index is -0.538. The highest BCUT2D eigenvalue weighted by atomic mass is 79.9. The number of hydrogen-bond donors (Lipinski definition) is 1. The Kier molecular flexibility index (Phi) is 10.2. The van der Waals surface area contributed by atoms with Gasteiger partial charge in [-0.3, -0.25) is 9.59 Å². The van der Waals surface area contributed by atoms with Gasteiger partial charge in [0, 0.05) is 27.8 Å². The van der Waals surface area contributed by atoms with Crippen LogP contribution in [0.1, 0.15) is 38.3 Å². The number of benzene rings is 2. The molecule has 0 bridgehead atoms. The summed E-state index contributed by atoms with van der Waals surface area (Å²) < 4.78 is 1.03. The Hall–Kier alpha value is -1.50. The summed E-state index contributed by atoms with van der Waals surface area (Å²) in [5.74, 6) is 0.827. The van der Waals surface area contributed by atoms with Crippen molar-refractivity contribution >= 4 is 51.1 Å². The van der Waals surface area contributed by atoms with Gasteiger partial charge in [-0.25, -0.2) is 0 Å². The predicted molar refractivity (Wildman–Crippen MR) is 130 cm³/mol. The lowest BCUT2D eigenvalue weighted by Crippen LogP contribution is -2.51.